The predicted molar refractivity (Wildman–Crippen MR) is 126 cm³/mol. The lowest BCUT2D eigenvalue weighted by atomic mass is 10.1. The van der Waals surface area contributed by atoms with Crippen molar-refractivity contribution in [1.29, 1.82) is 0 Å². The minimum atomic E-state index is 0.553. The van der Waals surface area contributed by atoms with Crippen molar-refractivity contribution < 1.29 is 4.74 Å². The Balaban J connectivity index is 1.36. The molecule has 150 valence electrons. The third kappa shape index (κ3) is 4.14. The number of rotatable bonds is 5. The van der Waals surface area contributed by atoms with E-state index in [1.807, 2.05) is 54.7 Å². The van der Waals surface area contributed by atoms with Gasteiger partial charge in [0.1, 0.15) is 12.4 Å². The van der Waals surface area contributed by atoms with E-state index in [-0.39, 0.29) is 0 Å². The maximum atomic E-state index is 5.90. The molecule has 0 unspecified atom stereocenters. The van der Waals surface area contributed by atoms with Crippen LogP contribution in [0.3, 0.4) is 0 Å². The van der Waals surface area contributed by atoms with Crippen molar-refractivity contribution in [2.24, 2.45) is 4.99 Å². The van der Waals surface area contributed by atoms with Gasteiger partial charge in [-0.2, -0.15) is 0 Å². The van der Waals surface area contributed by atoms with Gasteiger partial charge in [0.2, 0.25) is 0 Å². The van der Waals surface area contributed by atoms with Crippen LogP contribution in [0.4, 0.5) is 5.69 Å². The van der Waals surface area contributed by atoms with Gasteiger partial charge in [-0.3, -0.25) is 15.0 Å². The second-order valence-corrected chi connectivity index (χ2v) is 7.47. The number of ether oxygens (including phenoxy) is 1. The Bertz CT molecular complexity index is 1370. The molecule has 0 saturated heterocycles. The van der Waals surface area contributed by atoms with Crippen molar-refractivity contribution >= 4 is 33.7 Å². The first-order chi connectivity index (χ1) is 15.3. The van der Waals surface area contributed by atoms with E-state index in [1.54, 1.807) is 12.4 Å². The molecule has 0 atom stereocenters. The summed E-state index contributed by atoms with van der Waals surface area (Å²) in [5.41, 5.74) is 6.05. The molecule has 5 rings (SSSR count). The molecule has 3 aromatic carbocycles. The Labute approximate surface area is 180 Å². The molecule has 0 aliphatic carbocycles. The maximum absolute atomic E-state index is 5.90. The number of fused-ring (bicyclic) bond motifs is 3. The summed E-state index contributed by atoms with van der Waals surface area (Å²) in [6, 6.07) is 26.3. The molecule has 0 radical (unpaired) electrons. The number of pyridine rings is 2. The van der Waals surface area contributed by atoms with E-state index in [2.05, 4.69) is 47.2 Å². The molecule has 0 amide bonds. The van der Waals surface area contributed by atoms with E-state index in [0.29, 0.717) is 6.61 Å². The van der Waals surface area contributed by atoms with Gasteiger partial charge in [-0.05, 0) is 66.6 Å². The molecule has 0 spiro atoms. The fraction of sp³-hybridized carbons (Fsp3) is 0.0741. The number of hydrogen-bond acceptors (Lipinski definition) is 4. The van der Waals surface area contributed by atoms with E-state index in [4.69, 9.17) is 9.73 Å². The summed E-state index contributed by atoms with van der Waals surface area (Å²) in [7, 11) is 0. The first-order valence-electron chi connectivity index (χ1n) is 10.2. The Kier molecular flexibility index (Phi) is 5.11. The van der Waals surface area contributed by atoms with Crippen molar-refractivity contribution in [3.8, 4) is 5.75 Å². The topological polar surface area (TPSA) is 47.4 Å². The van der Waals surface area contributed by atoms with Crippen molar-refractivity contribution in [2.75, 3.05) is 0 Å². The molecule has 2 heterocycles. The smallest absolute Gasteiger partial charge is 0.119 e. The van der Waals surface area contributed by atoms with Gasteiger partial charge in [-0.1, -0.05) is 35.9 Å². The molecule has 31 heavy (non-hydrogen) atoms. The highest BCUT2D eigenvalue weighted by Crippen LogP contribution is 2.31. The highest BCUT2D eigenvalue weighted by molar-refractivity contribution is 6.09. The molecule has 2 aromatic heterocycles. The summed E-state index contributed by atoms with van der Waals surface area (Å²) in [5.74, 6) is 0.837. The van der Waals surface area contributed by atoms with Crippen molar-refractivity contribution in [1.82, 2.24) is 9.97 Å². The monoisotopic (exact) mass is 403 g/mol. The highest BCUT2D eigenvalue weighted by atomic mass is 16.5. The quantitative estimate of drug-likeness (QED) is 0.251. The number of nitrogens with zero attached hydrogens (tertiary/aromatic N) is 3. The predicted octanol–water partition coefficient (Wildman–Crippen LogP) is 6.42. The van der Waals surface area contributed by atoms with Crippen LogP contribution in [-0.4, -0.2) is 16.2 Å². The summed E-state index contributed by atoms with van der Waals surface area (Å²) in [4.78, 5) is 13.8. The molecule has 0 bridgehead atoms. The Hall–Kier alpha value is -4.05. The summed E-state index contributed by atoms with van der Waals surface area (Å²) in [6.45, 7) is 2.64. The van der Waals surface area contributed by atoms with E-state index in [0.717, 1.165) is 44.4 Å². The highest BCUT2D eigenvalue weighted by Gasteiger charge is 2.07. The third-order valence-electron chi connectivity index (χ3n) is 5.20. The Morgan fingerprint density at radius 3 is 2.39 bits per heavy atom. The lowest BCUT2D eigenvalue weighted by Crippen LogP contribution is -1.95. The van der Waals surface area contributed by atoms with Crippen LogP contribution in [0.5, 0.6) is 5.75 Å². The van der Waals surface area contributed by atoms with Gasteiger partial charge in [0.15, 0.2) is 0 Å². The number of aryl methyl sites for hydroxylation is 1. The minimum Gasteiger partial charge on any atom is -0.489 e. The van der Waals surface area contributed by atoms with Crippen LogP contribution in [0.2, 0.25) is 0 Å². The zero-order valence-corrected chi connectivity index (χ0v) is 17.2. The van der Waals surface area contributed by atoms with Gasteiger partial charge >= 0.3 is 0 Å². The Morgan fingerprint density at radius 1 is 0.839 bits per heavy atom. The van der Waals surface area contributed by atoms with Gasteiger partial charge in [0, 0.05) is 29.4 Å². The van der Waals surface area contributed by atoms with E-state index < -0.39 is 0 Å². The lowest BCUT2D eigenvalue weighted by molar-refractivity contribution is 0.306. The van der Waals surface area contributed by atoms with Gasteiger partial charge in [-0.15, -0.1) is 0 Å². The standard InChI is InChI=1S/C27H21N3O/c1-19-6-8-21(9-7-19)18-31-23-12-10-20(11-13-23)17-30-25-16-22-4-2-14-28-26(22)27-24(25)5-3-15-29-27/h2-17H,18H2,1H3. The van der Waals surface area contributed by atoms with Gasteiger partial charge in [-0.25, -0.2) is 0 Å². The second-order valence-electron chi connectivity index (χ2n) is 7.47. The van der Waals surface area contributed by atoms with Crippen LogP contribution in [0, 0.1) is 6.92 Å². The first-order valence-corrected chi connectivity index (χ1v) is 10.2. The van der Waals surface area contributed by atoms with E-state index in [9.17, 15) is 0 Å². The fourth-order valence-corrected chi connectivity index (χ4v) is 3.51. The molecule has 0 N–H and O–H groups in total. The number of benzene rings is 3. The van der Waals surface area contributed by atoms with Crippen LogP contribution >= 0.6 is 0 Å². The summed E-state index contributed by atoms with van der Waals surface area (Å²) in [5, 5.41) is 2.02. The minimum absolute atomic E-state index is 0.553. The van der Waals surface area contributed by atoms with Crippen LogP contribution in [-0.2, 0) is 6.61 Å². The summed E-state index contributed by atoms with van der Waals surface area (Å²) < 4.78 is 5.90. The van der Waals surface area contributed by atoms with Gasteiger partial charge in [0.25, 0.3) is 0 Å². The number of aromatic nitrogens is 2. The molecule has 4 heteroatoms. The van der Waals surface area contributed by atoms with E-state index in [1.165, 1.54) is 5.56 Å². The van der Waals surface area contributed by atoms with Crippen molar-refractivity contribution in [2.45, 2.75) is 13.5 Å². The van der Waals surface area contributed by atoms with Gasteiger partial charge in [0.05, 0.1) is 16.7 Å². The molecule has 0 fully saturated rings. The molecule has 0 aliphatic heterocycles. The largest absolute Gasteiger partial charge is 0.489 e. The van der Waals surface area contributed by atoms with Crippen LogP contribution < -0.4 is 4.74 Å². The second kappa shape index (κ2) is 8.36. The average Bonchev–Trinajstić information content (AvgIpc) is 2.83. The van der Waals surface area contributed by atoms with Crippen LogP contribution in [0.15, 0.2) is 96.2 Å². The fourth-order valence-electron chi connectivity index (χ4n) is 3.51. The van der Waals surface area contributed by atoms with E-state index >= 15 is 0 Å². The maximum Gasteiger partial charge on any atom is 0.119 e. The third-order valence-corrected chi connectivity index (χ3v) is 5.20. The molecular formula is C27H21N3O. The number of hydrogen-bond donors (Lipinski definition) is 0. The molecule has 4 nitrogen and oxygen atoms in total. The Morgan fingerprint density at radius 2 is 1.58 bits per heavy atom. The van der Waals surface area contributed by atoms with Crippen LogP contribution in [0.25, 0.3) is 21.8 Å². The lowest BCUT2D eigenvalue weighted by Gasteiger charge is -2.07. The normalized spacial score (nSPS) is 11.4. The first kappa shape index (κ1) is 18.9. The molecule has 0 aliphatic rings. The molecular weight excluding hydrogens is 382 g/mol. The average molecular weight is 403 g/mol. The zero-order chi connectivity index (χ0) is 21.0. The molecule has 0 saturated carbocycles. The van der Waals surface area contributed by atoms with Gasteiger partial charge < -0.3 is 4.74 Å². The van der Waals surface area contributed by atoms with Crippen LogP contribution in [0.1, 0.15) is 16.7 Å². The van der Waals surface area contributed by atoms with Crippen molar-refractivity contribution in [3.63, 3.8) is 0 Å². The zero-order valence-electron chi connectivity index (χ0n) is 17.2. The summed E-state index contributed by atoms with van der Waals surface area (Å²) >= 11 is 0. The number of aliphatic imine (C=N–C) groups is 1. The summed E-state index contributed by atoms with van der Waals surface area (Å²) in [6.07, 6.45) is 5.45. The molecule has 5 aromatic rings. The van der Waals surface area contributed by atoms with Crippen molar-refractivity contribution in [3.05, 3.63) is 108 Å². The SMILES string of the molecule is Cc1ccc(COc2ccc(C=Nc3cc4cccnc4c4ncccc34)cc2)cc1.